The summed E-state index contributed by atoms with van der Waals surface area (Å²) in [5.74, 6) is 0.507. The SMILES string of the molecule is CCCOCc1cc(C(=O)Nc2cccc(Cl)c2)ccc1OC. The van der Waals surface area contributed by atoms with Crippen LogP contribution in [0.15, 0.2) is 42.5 Å². The third-order valence-electron chi connectivity index (χ3n) is 3.23. The van der Waals surface area contributed by atoms with Gasteiger partial charge in [-0.2, -0.15) is 0 Å². The molecule has 0 saturated carbocycles. The number of nitrogens with one attached hydrogen (secondary N) is 1. The van der Waals surface area contributed by atoms with E-state index in [-0.39, 0.29) is 5.91 Å². The Morgan fingerprint density at radius 2 is 2.04 bits per heavy atom. The number of ether oxygens (including phenoxy) is 2. The number of anilines is 1. The Bertz CT molecular complexity index is 673. The van der Waals surface area contributed by atoms with Crippen molar-refractivity contribution in [3.8, 4) is 5.75 Å². The van der Waals surface area contributed by atoms with E-state index < -0.39 is 0 Å². The number of hydrogen-bond donors (Lipinski definition) is 1. The van der Waals surface area contributed by atoms with Gasteiger partial charge in [-0.15, -0.1) is 0 Å². The predicted octanol–water partition coefficient (Wildman–Crippen LogP) is 4.53. The Hall–Kier alpha value is -2.04. The van der Waals surface area contributed by atoms with E-state index >= 15 is 0 Å². The van der Waals surface area contributed by atoms with Gasteiger partial charge >= 0.3 is 0 Å². The van der Waals surface area contributed by atoms with E-state index in [9.17, 15) is 4.79 Å². The Morgan fingerprint density at radius 1 is 1.22 bits per heavy atom. The van der Waals surface area contributed by atoms with Gasteiger partial charge in [0.2, 0.25) is 0 Å². The highest BCUT2D eigenvalue weighted by Gasteiger charge is 2.11. The van der Waals surface area contributed by atoms with Crippen LogP contribution in [0, 0.1) is 0 Å². The van der Waals surface area contributed by atoms with Gasteiger partial charge in [0.05, 0.1) is 13.7 Å². The van der Waals surface area contributed by atoms with Crippen LogP contribution >= 0.6 is 11.6 Å². The molecule has 0 aromatic heterocycles. The lowest BCUT2D eigenvalue weighted by Gasteiger charge is -2.11. The zero-order valence-electron chi connectivity index (χ0n) is 13.3. The molecule has 0 unspecified atom stereocenters. The van der Waals surface area contributed by atoms with Gasteiger partial charge in [-0.25, -0.2) is 0 Å². The van der Waals surface area contributed by atoms with Crippen molar-refractivity contribution in [2.75, 3.05) is 19.0 Å². The van der Waals surface area contributed by atoms with E-state index in [2.05, 4.69) is 5.32 Å². The minimum absolute atomic E-state index is 0.202. The normalized spacial score (nSPS) is 10.4. The van der Waals surface area contributed by atoms with E-state index in [1.165, 1.54) is 0 Å². The zero-order chi connectivity index (χ0) is 16.7. The van der Waals surface area contributed by atoms with E-state index in [0.717, 1.165) is 12.0 Å². The molecule has 0 fully saturated rings. The third kappa shape index (κ3) is 4.98. The molecule has 1 amide bonds. The van der Waals surface area contributed by atoms with E-state index in [1.54, 1.807) is 49.6 Å². The van der Waals surface area contributed by atoms with Crippen molar-refractivity contribution >= 4 is 23.2 Å². The highest BCUT2D eigenvalue weighted by atomic mass is 35.5. The number of methoxy groups -OCH3 is 1. The van der Waals surface area contributed by atoms with E-state index in [0.29, 0.717) is 35.2 Å². The number of hydrogen-bond acceptors (Lipinski definition) is 3. The fourth-order valence-electron chi connectivity index (χ4n) is 2.13. The first-order valence-corrected chi connectivity index (χ1v) is 7.83. The average molecular weight is 334 g/mol. The van der Waals surface area contributed by atoms with Gasteiger partial charge in [0, 0.05) is 28.4 Å². The van der Waals surface area contributed by atoms with Crippen LogP contribution in [0.25, 0.3) is 0 Å². The molecule has 0 aliphatic heterocycles. The molecule has 23 heavy (non-hydrogen) atoms. The first-order chi connectivity index (χ1) is 11.1. The minimum atomic E-state index is -0.202. The van der Waals surface area contributed by atoms with Crippen molar-refractivity contribution in [1.29, 1.82) is 0 Å². The van der Waals surface area contributed by atoms with Crippen LogP contribution < -0.4 is 10.1 Å². The lowest BCUT2D eigenvalue weighted by molar-refractivity contribution is 0.102. The molecule has 0 bridgehead atoms. The molecule has 0 spiro atoms. The number of benzene rings is 2. The predicted molar refractivity (Wildman–Crippen MR) is 92.3 cm³/mol. The van der Waals surface area contributed by atoms with Gasteiger partial charge in [0.25, 0.3) is 5.91 Å². The monoisotopic (exact) mass is 333 g/mol. The van der Waals surface area contributed by atoms with Crippen LogP contribution in [0.4, 0.5) is 5.69 Å². The number of amides is 1. The highest BCUT2D eigenvalue weighted by molar-refractivity contribution is 6.30. The van der Waals surface area contributed by atoms with Crippen molar-refractivity contribution in [3.05, 3.63) is 58.6 Å². The van der Waals surface area contributed by atoms with Gasteiger partial charge in [-0.1, -0.05) is 24.6 Å². The lowest BCUT2D eigenvalue weighted by Crippen LogP contribution is -2.12. The average Bonchev–Trinajstić information content (AvgIpc) is 2.55. The number of carbonyl (C=O) groups excluding carboxylic acids is 1. The molecule has 0 atom stereocenters. The smallest absolute Gasteiger partial charge is 0.255 e. The summed E-state index contributed by atoms with van der Waals surface area (Å²) in [6.45, 7) is 3.13. The molecule has 0 saturated heterocycles. The molecule has 5 heteroatoms. The highest BCUT2D eigenvalue weighted by Crippen LogP contribution is 2.22. The molecule has 0 aliphatic carbocycles. The van der Waals surface area contributed by atoms with Crippen LogP contribution in [0.2, 0.25) is 5.02 Å². The number of carbonyl (C=O) groups is 1. The first-order valence-electron chi connectivity index (χ1n) is 7.45. The largest absolute Gasteiger partial charge is 0.496 e. The Morgan fingerprint density at radius 3 is 2.74 bits per heavy atom. The summed E-state index contributed by atoms with van der Waals surface area (Å²) in [5, 5.41) is 3.40. The second-order valence-electron chi connectivity index (χ2n) is 5.04. The molecule has 122 valence electrons. The summed E-state index contributed by atoms with van der Waals surface area (Å²) in [6, 6.07) is 12.3. The van der Waals surface area contributed by atoms with Gasteiger partial charge in [-0.05, 0) is 42.8 Å². The van der Waals surface area contributed by atoms with Gasteiger partial charge < -0.3 is 14.8 Å². The van der Waals surface area contributed by atoms with Crippen molar-refractivity contribution in [1.82, 2.24) is 0 Å². The third-order valence-corrected chi connectivity index (χ3v) is 3.47. The molecular weight excluding hydrogens is 314 g/mol. The summed E-state index contributed by atoms with van der Waals surface area (Å²) < 4.78 is 10.9. The van der Waals surface area contributed by atoms with Crippen LogP contribution in [0.3, 0.4) is 0 Å². The van der Waals surface area contributed by atoms with Crippen LogP contribution in [0.5, 0.6) is 5.75 Å². The van der Waals surface area contributed by atoms with E-state index in [1.807, 2.05) is 6.92 Å². The molecule has 2 rings (SSSR count). The summed E-state index contributed by atoms with van der Waals surface area (Å²) in [4.78, 5) is 12.4. The Labute approximate surface area is 141 Å². The van der Waals surface area contributed by atoms with Crippen molar-refractivity contribution in [2.45, 2.75) is 20.0 Å². The van der Waals surface area contributed by atoms with Gasteiger partial charge in [-0.3, -0.25) is 4.79 Å². The summed E-state index contributed by atoms with van der Waals surface area (Å²) in [6.07, 6.45) is 0.942. The van der Waals surface area contributed by atoms with Gasteiger partial charge in [0.1, 0.15) is 5.75 Å². The quantitative estimate of drug-likeness (QED) is 0.757. The molecule has 2 aromatic carbocycles. The van der Waals surface area contributed by atoms with Crippen LogP contribution in [-0.2, 0) is 11.3 Å². The molecule has 2 aromatic rings. The maximum Gasteiger partial charge on any atom is 0.255 e. The number of halogens is 1. The Kier molecular flexibility index (Phi) is 6.44. The topological polar surface area (TPSA) is 47.6 Å². The second-order valence-corrected chi connectivity index (χ2v) is 5.48. The van der Waals surface area contributed by atoms with Crippen molar-refractivity contribution in [3.63, 3.8) is 0 Å². The minimum Gasteiger partial charge on any atom is -0.496 e. The van der Waals surface area contributed by atoms with Crippen molar-refractivity contribution < 1.29 is 14.3 Å². The zero-order valence-corrected chi connectivity index (χ0v) is 14.0. The summed E-state index contributed by atoms with van der Waals surface area (Å²) >= 11 is 5.93. The fraction of sp³-hybridized carbons (Fsp3) is 0.278. The van der Waals surface area contributed by atoms with E-state index in [4.69, 9.17) is 21.1 Å². The maximum absolute atomic E-state index is 12.4. The molecule has 4 nitrogen and oxygen atoms in total. The summed E-state index contributed by atoms with van der Waals surface area (Å²) in [5.41, 5.74) is 2.04. The molecule has 0 radical (unpaired) electrons. The van der Waals surface area contributed by atoms with Crippen LogP contribution in [-0.4, -0.2) is 19.6 Å². The fourth-order valence-corrected chi connectivity index (χ4v) is 2.32. The lowest BCUT2D eigenvalue weighted by atomic mass is 10.1. The maximum atomic E-state index is 12.4. The summed E-state index contributed by atoms with van der Waals surface area (Å²) in [7, 11) is 1.60. The van der Waals surface area contributed by atoms with Crippen LogP contribution in [0.1, 0.15) is 29.3 Å². The van der Waals surface area contributed by atoms with Crippen molar-refractivity contribution in [2.24, 2.45) is 0 Å². The second kappa shape index (κ2) is 8.56. The first kappa shape index (κ1) is 17.3. The molecule has 0 heterocycles. The molecular formula is C18H20ClNO3. The standard InChI is InChI=1S/C18H20ClNO3/c1-3-9-23-12-14-10-13(7-8-17(14)22-2)18(21)20-16-6-4-5-15(19)11-16/h4-8,10-11H,3,9,12H2,1-2H3,(H,20,21). The molecule has 1 N–H and O–H groups in total. The number of rotatable bonds is 7. The van der Waals surface area contributed by atoms with Gasteiger partial charge in [0.15, 0.2) is 0 Å². The molecule has 0 aliphatic rings. The Balaban J connectivity index is 2.14.